The molecule has 21 heavy (non-hydrogen) atoms. The Kier molecular flexibility index (Phi) is 4.29. The second-order valence-electron chi connectivity index (χ2n) is 6.41. The van der Waals surface area contributed by atoms with Crippen molar-refractivity contribution in [2.75, 3.05) is 36.8 Å². The molecule has 0 aliphatic carbocycles. The minimum absolute atomic E-state index is 0.541. The van der Waals surface area contributed by atoms with Gasteiger partial charge in [-0.2, -0.15) is 0 Å². The van der Waals surface area contributed by atoms with Crippen LogP contribution in [0.5, 0.6) is 0 Å². The first-order valence-corrected chi connectivity index (χ1v) is 8.25. The molecular weight excluding hydrogens is 262 g/mol. The number of piperidine rings is 3. The molecule has 0 radical (unpaired) electrons. The summed E-state index contributed by atoms with van der Waals surface area (Å²) in [5, 5.41) is 7.12. The van der Waals surface area contributed by atoms with E-state index >= 15 is 0 Å². The molecule has 3 fully saturated rings. The fraction of sp³-hybridized carbons (Fsp3) is 0.750. The second kappa shape index (κ2) is 6.18. The van der Waals surface area contributed by atoms with Crippen LogP contribution in [-0.2, 0) is 0 Å². The number of aryl methyl sites for hydroxylation is 1. The number of nitrogens with zero attached hydrogens (tertiary/aromatic N) is 3. The van der Waals surface area contributed by atoms with Crippen LogP contribution in [0.15, 0.2) is 0 Å². The molecule has 0 saturated carbocycles. The molecule has 5 nitrogen and oxygen atoms in total. The van der Waals surface area contributed by atoms with E-state index in [0.717, 1.165) is 48.5 Å². The van der Waals surface area contributed by atoms with Crippen molar-refractivity contribution in [3.05, 3.63) is 11.4 Å². The first-order chi connectivity index (χ1) is 10.2. The Labute approximate surface area is 127 Å². The van der Waals surface area contributed by atoms with Gasteiger partial charge >= 0.3 is 0 Å². The lowest BCUT2D eigenvalue weighted by Gasteiger charge is -2.45. The SMILES string of the molecule is CCCNc1nc(C)nc(NC2CN3CCC2CC3)c1C. The van der Waals surface area contributed by atoms with E-state index in [1.807, 2.05) is 6.92 Å². The summed E-state index contributed by atoms with van der Waals surface area (Å²) in [6.45, 7) is 10.9. The van der Waals surface area contributed by atoms with Crippen LogP contribution in [0.3, 0.4) is 0 Å². The smallest absolute Gasteiger partial charge is 0.135 e. The maximum absolute atomic E-state index is 4.64. The molecule has 0 amide bonds. The summed E-state index contributed by atoms with van der Waals surface area (Å²) in [4.78, 5) is 11.7. The highest BCUT2D eigenvalue weighted by Crippen LogP contribution is 2.30. The number of aromatic nitrogens is 2. The highest BCUT2D eigenvalue weighted by Gasteiger charge is 2.34. The van der Waals surface area contributed by atoms with Gasteiger partial charge in [-0.25, -0.2) is 9.97 Å². The van der Waals surface area contributed by atoms with Gasteiger partial charge in [0.15, 0.2) is 0 Å². The Morgan fingerprint density at radius 2 is 1.86 bits per heavy atom. The molecule has 2 bridgehead atoms. The van der Waals surface area contributed by atoms with Gasteiger partial charge in [-0.15, -0.1) is 0 Å². The molecule has 1 aromatic heterocycles. The summed E-state index contributed by atoms with van der Waals surface area (Å²) in [7, 11) is 0. The van der Waals surface area contributed by atoms with E-state index in [9.17, 15) is 0 Å². The molecule has 5 heteroatoms. The van der Waals surface area contributed by atoms with Crippen molar-refractivity contribution in [3.8, 4) is 0 Å². The van der Waals surface area contributed by atoms with Crippen molar-refractivity contribution in [3.63, 3.8) is 0 Å². The third kappa shape index (κ3) is 3.12. The predicted octanol–water partition coefficient (Wildman–Crippen LogP) is 2.42. The average molecular weight is 289 g/mol. The van der Waals surface area contributed by atoms with Crippen molar-refractivity contribution in [2.24, 2.45) is 5.92 Å². The first kappa shape index (κ1) is 14.6. The predicted molar refractivity (Wildman–Crippen MR) is 86.9 cm³/mol. The molecular formula is C16H27N5. The lowest BCUT2D eigenvalue weighted by molar-refractivity contribution is 0.0973. The van der Waals surface area contributed by atoms with Crippen LogP contribution in [0.2, 0.25) is 0 Å². The van der Waals surface area contributed by atoms with E-state index in [-0.39, 0.29) is 0 Å². The Bertz CT molecular complexity index is 494. The third-order valence-electron chi connectivity index (χ3n) is 4.78. The first-order valence-electron chi connectivity index (χ1n) is 8.25. The molecule has 3 saturated heterocycles. The van der Waals surface area contributed by atoms with Crippen LogP contribution in [-0.4, -0.2) is 47.1 Å². The molecule has 3 aliphatic heterocycles. The van der Waals surface area contributed by atoms with E-state index in [0.29, 0.717) is 6.04 Å². The standard InChI is InChI=1S/C16H27N5/c1-4-7-17-15-11(2)16(19-12(3)18-15)20-14-10-21-8-5-13(14)6-9-21/h13-14H,4-10H2,1-3H3,(H2,17,18,19,20). The monoisotopic (exact) mass is 289 g/mol. The summed E-state index contributed by atoms with van der Waals surface area (Å²) in [6.07, 6.45) is 3.74. The molecule has 0 aromatic carbocycles. The van der Waals surface area contributed by atoms with Crippen molar-refractivity contribution in [1.82, 2.24) is 14.9 Å². The van der Waals surface area contributed by atoms with Crippen LogP contribution in [0.25, 0.3) is 0 Å². The van der Waals surface area contributed by atoms with Gasteiger partial charge in [-0.05, 0) is 52.1 Å². The van der Waals surface area contributed by atoms with Gasteiger partial charge in [0.25, 0.3) is 0 Å². The van der Waals surface area contributed by atoms with Gasteiger partial charge in [-0.3, -0.25) is 0 Å². The van der Waals surface area contributed by atoms with Crippen molar-refractivity contribution >= 4 is 11.6 Å². The topological polar surface area (TPSA) is 53.1 Å². The third-order valence-corrected chi connectivity index (χ3v) is 4.78. The van der Waals surface area contributed by atoms with E-state index in [4.69, 9.17) is 0 Å². The van der Waals surface area contributed by atoms with Gasteiger partial charge < -0.3 is 15.5 Å². The highest BCUT2D eigenvalue weighted by atomic mass is 15.2. The second-order valence-corrected chi connectivity index (χ2v) is 6.41. The minimum atomic E-state index is 0.541. The molecule has 1 atom stereocenters. The normalized spacial score (nSPS) is 27.7. The Morgan fingerprint density at radius 1 is 1.14 bits per heavy atom. The van der Waals surface area contributed by atoms with E-state index in [1.165, 1.54) is 25.9 Å². The van der Waals surface area contributed by atoms with Crippen molar-refractivity contribution < 1.29 is 0 Å². The highest BCUT2D eigenvalue weighted by molar-refractivity contribution is 5.57. The van der Waals surface area contributed by atoms with Crippen LogP contribution in [0.4, 0.5) is 11.6 Å². The van der Waals surface area contributed by atoms with Crippen LogP contribution in [0.1, 0.15) is 37.6 Å². The quantitative estimate of drug-likeness (QED) is 0.872. The number of hydrogen-bond acceptors (Lipinski definition) is 5. The van der Waals surface area contributed by atoms with E-state index in [1.54, 1.807) is 0 Å². The number of nitrogens with one attached hydrogen (secondary N) is 2. The Balaban J connectivity index is 1.76. The van der Waals surface area contributed by atoms with Gasteiger partial charge in [0, 0.05) is 24.7 Å². The molecule has 1 unspecified atom stereocenters. The van der Waals surface area contributed by atoms with Crippen LogP contribution in [0, 0.1) is 19.8 Å². The summed E-state index contributed by atoms with van der Waals surface area (Å²) in [5.41, 5.74) is 1.14. The van der Waals surface area contributed by atoms with Gasteiger partial charge in [0.05, 0.1) is 0 Å². The van der Waals surface area contributed by atoms with Gasteiger partial charge in [-0.1, -0.05) is 6.92 Å². The van der Waals surface area contributed by atoms with Crippen LogP contribution < -0.4 is 10.6 Å². The van der Waals surface area contributed by atoms with Crippen molar-refractivity contribution in [1.29, 1.82) is 0 Å². The Morgan fingerprint density at radius 3 is 2.48 bits per heavy atom. The summed E-state index contributed by atoms with van der Waals surface area (Å²) in [5.74, 6) is 3.63. The maximum Gasteiger partial charge on any atom is 0.135 e. The maximum atomic E-state index is 4.64. The summed E-state index contributed by atoms with van der Waals surface area (Å²) in [6, 6.07) is 0.541. The zero-order valence-electron chi connectivity index (χ0n) is 13.4. The Hall–Kier alpha value is -1.36. The number of anilines is 2. The number of fused-ring (bicyclic) bond motifs is 3. The van der Waals surface area contributed by atoms with Gasteiger partial charge in [0.1, 0.15) is 17.5 Å². The summed E-state index contributed by atoms with van der Waals surface area (Å²) < 4.78 is 0. The molecule has 1 aromatic rings. The average Bonchev–Trinajstić information content (AvgIpc) is 2.50. The lowest BCUT2D eigenvalue weighted by atomic mass is 9.84. The molecule has 116 valence electrons. The summed E-state index contributed by atoms with van der Waals surface area (Å²) >= 11 is 0. The minimum Gasteiger partial charge on any atom is -0.370 e. The van der Waals surface area contributed by atoms with E-state index < -0.39 is 0 Å². The molecule has 2 N–H and O–H groups in total. The molecule has 4 rings (SSSR count). The largest absolute Gasteiger partial charge is 0.370 e. The van der Waals surface area contributed by atoms with Crippen LogP contribution >= 0.6 is 0 Å². The fourth-order valence-electron chi connectivity index (χ4n) is 3.49. The fourth-order valence-corrected chi connectivity index (χ4v) is 3.49. The molecule has 0 spiro atoms. The molecule has 3 aliphatic rings. The van der Waals surface area contributed by atoms with Crippen molar-refractivity contribution in [2.45, 2.75) is 46.1 Å². The zero-order chi connectivity index (χ0) is 14.8. The van der Waals surface area contributed by atoms with E-state index in [2.05, 4.69) is 39.3 Å². The number of hydrogen-bond donors (Lipinski definition) is 2. The lowest BCUT2D eigenvalue weighted by Crippen LogP contribution is -2.53. The zero-order valence-corrected chi connectivity index (χ0v) is 13.4. The van der Waals surface area contributed by atoms with Gasteiger partial charge in [0.2, 0.25) is 0 Å². The number of rotatable bonds is 5. The molecule has 4 heterocycles.